The molecule has 134 valence electrons. The van der Waals surface area contributed by atoms with Crippen LogP contribution in [0.15, 0.2) is 54.6 Å². The zero-order valence-corrected chi connectivity index (χ0v) is 14.7. The molecule has 3 rings (SSSR count). The Labute approximate surface area is 151 Å². The van der Waals surface area contributed by atoms with Crippen LogP contribution >= 0.6 is 0 Å². The lowest BCUT2D eigenvalue weighted by atomic mass is 10.1. The van der Waals surface area contributed by atoms with Gasteiger partial charge in [0.25, 0.3) is 5.91 Å². The van der Waals surface area contributed by atoms with Crippen molar-refractivity contribution in [1.29, 1.82) is 0 Å². The Hall–Kier alpha value is -3.15. The van der Waals surface area contributed by atoms with Gasteiger partial charge in [-0.15, -0.1) is 0 Å². The number of ether oxygens (including phenoxy) is 1. The molecular weight excluding hydrogens is 333 g/mol. The quantitative estimate of drug-likeness (QED) is 0.736. The number of amides is 1. The average molecular weight is 353 g/mol. The number of rotatable bonds is 6. The van der Waals surface area contributed by atoms with E-state index in [1.54, 1.807) is 30.0 Å². The number of carbonyl (C=O) groups excluding carboxylic acids is 1. The van der Waals surface area contributed by atoms with E-state index in [0.29, 0.717) is 23.6 Å². The zero-order valence-electron chi connectivity index (χ0n) is 14.7. The number of halogens is 1. The van der Waals surface area contributed by atoms with E-state index in [2.05, 4.69) is 10.4 Å². The summed E-state index contributed by atoms with van der Waals surface area (Å²) in [5, 5.41) is 7.16. The standard InChI is InChI=1S/C20H20FN3O2/c1-3-24-18(16-9-4-5-10-19(16)26-2)12-17(23-24)20(25)22-13-14-7-6-8-15(21)11-14/h4-12H,3,13H2,1-2H3,(H,22,25). The van der Waals surface area contributed by atoms with Gasteiger partial charge in [0.05, 0.1) is 12.8 Å². The Bertz CT molecular complexity index is 921. The number of nitrogens with one attached hydrogen (secondary N) is 1. The van der Waals surface area contributed by atoms with Crippen molar-refractivity contribution < 1.29 is 13.9 Å². The Balaban J connectivity index is 1.82. The predicted octanol–water partition coefficient (Wildman–Crippen LogP) is 3.65. The molecule has 0 saturated carbocycles. The van der Waals surface area contributed by atoms with Crippen LogP contribution < -0.4 is 10.1 Å². The molecule has 0 bridgehead atoms. The molecule has 5 nitrogen and oxygen atoms in total. The fourth-order valence-electron chi connectivity index (χ4n) is 2.76. The molecular formula is C20H20FN3O2. The van der Waals surface area contributed by atoms with Crippen LogP contribution in [0.25, 0.3) is 11.3 Å². The molecule has 0 fully saturated rings. The highest BCUT2D eigenvalue weighted by Crippen LogP contribution is 2.30. The highest BCUT2D eigenvalue weighted by molar-refractivity contribution is 5.93. The lowest BCUT2D eigenvalue weighted by Crippen LogP contribution is -2.23. The summed E-state index contributed by atoms with van der Waals surface area (Å²) >= 11 is 0. The predicted molar refractivity (Wildman–Crippen MR) is 97.5 cm³/mol. The van der Waals surface area contributed by atoms with E-state index >= 15 is 0 Å². The van der Waals surface area contributed by atoms with E-state index in [-0.39, 0.29) is 18.3 Å². The van der Waals surface area contributed by atoms with Gasteiger partial charge < -0.3 is 10.1 Å². The maximum Gasteiger partial charge on any atom is 0.272 e. The fraction of sp³-hybridized carbons (Fsp3) is 0.200. The second kappa shape index (κ2) is 7.82. The molecule has 0 aliphatic rings. The highest BCUT2D eigenvalue weighted by atomic mass is 19.1. The van der Waals surface area contributed by atoms with Crippen molar-refractivity contribution in [3.05, 3.63) is 71.7 Å². The third-order valence-corrected chi connectivity index (χ3v) is 4.04. The Morgan fingerprint density at radius 1 is 1.19 bits per heavy atom. The van der Waals surface area contributed by atoms with Crippen molar-refractivity contribution >= 4 is 5.91 Å². The van der Waals surface area contributed by atoms with Crippen LogP contribution in [0.1, 0.15) is 23.0 Å². The molecule has 2 aromatic carbocycles. The summed E-state index contributed by atoms with van der Waals surface area (Å²) in [5.41, 5.74) is 2.68. The fourth-order valence-corrected chi connectivity index (χ4v) is 2.76. The molecule has 26 heavy (non-hydrogen) atoms. The average Bonchev–Trinajstić information content (AvgIpc) is 3.10. The molecule has 1 heterocycles. The second-order valence-corrected chi connectivity index (χ2v) is 5.74. The number of carbonyl (C=O) groups is 1. The van der Waals surface area contributed by atoms with Crippen LogP contribution in [-0.4, -0.2) is 22.8 Å². The normalized spacial score (nSPS) is 10.6. The first-order valence-corrected chi connectivity index (χ1v) is 8.36. The van der Waals surface area contributed by atoms with E-state index in [0.717, 1.165) is 11.3 Å². The van der Waals surface area contributed by atoms with Gasteiger partial charge in [0.1, 0.15) is 11.6 Å². The van der Waals surface area contributed by atoms with Gasteiger partial charge in [-0.2, -0.15) is 5.10 Å². The van der Waals surface area contributed by atoms with Crippen LogP contribution in [0.3, 0.4) is 0 Å². The molecule has 0 aliphatic heterocycles. The number of benzene rings is 2. The first-order chi connectivity index (χ1) is 12.6. The molecule has 0 atom stereocenters. The summed E-state index contributed by atoms with van der Waals surface area (Å²) in [5.74, 6) is 0.0805. The molecule has 0 radical (unpaired) electrons. The minimum absolute atomic E-state index is 0.236. The van der Waals surface area contributed by atoms with E-state index in [9.17, 15) is 9.18 Å². The number of aromatic nitrogens is 2. The maximum atomic E-state index is 13.2. The van der Waals surface area contributed by atoms with Gasteiger partial charge in [0.15, 0.2) is 5.69 Å². The SMILES string of the molecule is CCn1nc(C(=O)NCc2cccc(F)c2)cc1-c1ccccc1OC. The van der Waals surface area contributed by atoms with Crippen LogP contribution in [0, 0.1) is 5.82 Å². The number of para-hydroxylation sites is 1. The molecule has 0 saturated heterocycles. The van der Waals surface area contributed by atoms with Crippen molar-refractivity contribution in [3.63, 3.8) is 0 Å². The lowest BCUT2D eigenvalue weighted by molar-refractivity contribution is 0.0945. The van der Waals surface area contributed by atoms with E-state index in [1.807, 2.05) is 31.2 Å². The van der Waals surface area contributed by atoms with Crippen molar-refractivity contribution in [2.24, 2.45) is 0 Å². The van der Waals surface area contributed by atoms with E-state index in [1.165, 1.54) is 12.1 Å². The number of hydrogen-bond acceptors (Lipinski definition) is 3. The first kappa shape index (κ1) is 17.7. The smallest absolute Gasteiger partial charge is 0.272 e. The minimum atomic E-state index is -0.328. The van der Waals surface area contributed by atoms with Gasteiger partial charge >= 0.3 is 0 Å². The molecule has 0 unspecified atom stereocenters. The Kier molecular flexibility index (Phi) is 5.31. The summed E-state index contributed by atoms with van der Waals surface area (Å²) in [6, 6.07) is 15.5. The zero-order chi connectivity index (χ0) is 18.5. The maximum absolute atomic E-state index is 13.2. The van der Waals surface area contributed by atoms with E-state index < -0.39 is 0 Å². The molecule has 1 amide bonds. The third-order valence-electron chi connectivity index (χ3n) is 4.04. The van der Waals surface area contributed by atoms with Crippen LogP contribution in [-0.2, 0) is 13.1 Å². The number of nitrogens with zero attached hydrogens (tertiary/aromatic N) is 2. The van der Waals surface area contributed by atoms with Crippen molar-refractivity contribution in [2.45, 2.75) is 20.0 Å². The lowest BCUT2D eigenvalue weighted by Gasteiger charge is -2.09. The summed E-state index contributed by atoms with van der Waals surface area (Å²) in [4.78, 5) is 12.5. The largest absolute Gasteiger partial charge is 0.496 e. The third kappa shape index (κ3) is 3.74. The van der Waals surface area contributed by atoms with E-state index in [4.69, 9.17) is 4.74 Å². The summed E-state index contributed by atoms with van der Waals surface area (Å²) in [6.07, 6.45) is 0. The van der Waals surface area contributed by atoms with Gasteiger partial charge in [-0.1, -0.05) is 24.3 Å². The first-order valence-electron chi connectivity index (χ1n) is 8.36. The van der Waals surface area contributed by atoms with Crippen LogP contribution in [0.5, 0.6) is 5.75 Å². The van der Waals surface area contributed by atoms with Gasteiger partial charge in [0, 0.05) is 18.7 Å². The topological polar surface area (TPSA) is 56.2 Å². The molecule has 0 spiro atoms. The van der Waals surface area contributed by atoms with Gasteiger partial charge in [-0.25, -0.2) is 4.39 Å². The number of aryl methyl sites for hydroxylation is 1. The highest BCUT2D eigenvalue weighted by Gasteiger charge is 2.17. The molecule has 1 N–H and O–H groups in total. The van der Waals surface area contributed by atoms with Gasteiger partial charge in [-0.05, 0) is 42.8 Å². The second-order valence-electron chi connectivity index (χ2n) is 5.74. The van der Waals surface area contributed by atoms with Crippen molar-refractivity contribution in [2.75, 3.05) is 7.11 Å². The van der Waals surface area contributed by atoms with Crippen molar-refractivity contribution in [3.8, 4) is 17.0 Å². The number of hydrogen-bond donors (Lipinski definition) is 1. The molecule has 6 heteroatoms. The Morgan fingerprint density at radius 2 is 2.00 bits per heavy atom. The van der Waals surface area contributed by atoms with Crippen molar-refractivity contribution in [1.82, 2.24) is 15.1 Å². The number of methoxy groups -OCH3 is 1. The summed E-state index contributed by atoms with van der Waals surface area (Å²) in [6.45, 7) is 2.81. The summed E-state index contributed by atoms with van der Waals surface area (Å²) in [7, 11) is 1.61. The van der Waals surface area contributed by atoms with Gasteiger partial charge in [-0.3, -0.25) is 9.48 Å². The van der Waals surface area contributed by atoms with Crippen LogP contribution in [0.2, 0.25) is 0 Å². The Morgan fingerprint density at radius 3 is 2.73 bits per heavy atom. The minimum Gasteiger partial charge on any atom is -0.496 e. The monoisotopic (exact) mass is 353 g/mol. The molecule has 1 aromatic heterocycles. The van der Waals surface area contributed by atoms with Gasteiger partial charge in [0.2, 0.25) is 0 Å². The molecule has 3 aromatic rings. The van der Waals surface area contributed by atoms with Crippen LogP contribution in [0.4, 0.5) is 4.39 Å². The summed E-state index contributed by atoms with van der Waals surface area (Å²) < 4.78 is 20.4. The molecule has 0 aliphatic carbocycles.